The summed E-state index contributed by atoms with van der Waals surface area (Å²) in [5.41, 5.74) is 4.66. The molecule has 0 aromatic heterocycles. The van der Waals surface area contributed by atoms with Crippen molar-refractivity contribution in [3.63, 3.8) is 0 Å². The molecule has 118 valence electrons. The Morgan fingerprint density at radius 2 is 1.86 bits per heavy atom. The highest BCUT2D eigenvalue weighted by Crippen LogP contribution is 2.53. The zero-order chi connectivity index (χ0) is 15.5. The van der Waals surface area contributed by atoms with Crippen LogP contribution < -0.4 is 5.43 Å². The van der Waals surface area contributed by atoms with Crippen molar-refractivity contribution in [1.29, 1.82) is 0 Å². The molecule has 1 N–H and O–H groups in total. The van der Waals surface area contributed by atoms with E-state index in [9.17, 15) is 4.79 Å². The number of carbonyl (C=O) groups is 1. The molecule has 2 aliphatic rings. The summed E-state index contributed by atoms with van der Waals surface area (Å²) in [5, 5.41) is 4.30. The standard InChI is InChI=1S/C18H23BrN2O/c1-12(13-7-6-8-14(19)11-13)20-21-18(22)17-15-9-4-2-3-5-10-16(15)17/h6-8,11,15-17H,2-5,9-10H2,1H3,(H,21,22)/t15-,16+,17?. The summed E-state index contributed by atoms with van der Waals surface area (Å²) < 4.78 is 1.02. The molecular weight excluding hydrogens is 340 g/mol. The minimum atomic E-state index is 0.117. The largest absolute Gasteiger partial charge is 0.273 e. The maximum Gasteiger partial charge on any atom is 0.243 e. The van der Waals surface area contributed by atoms with Gasteiger partial charge in [-0.25, -0.2) is 5.43 Å². The van der Waals surface area contributed by atoms with Gasteiger partial charge in [-0.3, -0.25) is 4.79 Å². The third-order valence-electron chi connectivity index (χ3n) is 5.04. The fourth-order valence-electron chi connectivity index (χ4n) is 3.73. The molecule has 3 rings (SSSR count). The van der Waals surface area contributed by atoms with Crippen LogP contribution in [0.5, 0.6) is 0 Å². The van der Waals surface area contributed by atoms with E-state index in [0.29, 0.717) is 11.8 Å². The zero-order valence-corrected chi connectivity index (χ0v) is 14.6. The van der Waals surface area contributed by atoms with Crippen LogP contribution in [-0.4, -0.2) is 11.6 Å². The Morgan fingerprint density at radius 3 is 2.50 bits per heavy atom. The number of benzene rings is 1. The molecule has 3 nitrogen and oxygen atoms in total. The first-order valence-corrected chi connectivity index (χ1v) is 9.06. The minimum absolute atomic E-state index is 0.117. The number of hydrazone groups is 1. The summed E-state index contributed by atoms with van der Waals surface area (Å²) in [6, 6.07) is 7.97. The van der Waals surface area contributed by atoms with E-state index in [1.54, 1.807) is 0 Å². The zero-order valence-electron chi connectivity index (χ0n) is 13.0. The molecule has 1 amide bonds. The lowest BCUT2D eigenvalue weighted by Gasteiger charge is -2.04. The summed E-state index contributed by atoms with van der Waals surface area (Å²) in [6.45, 7) is 1.93. The van der Waals surface area contributed by atoms with Crippen molar-refractivity contribution in [2.45, 2.75) is 45.4 Å². The van der Waals surface area contributed by atoms with E-state index >= 15 is 0 Å². The summed E-state index contributed by atoms with van der Waals surface area (Å²) >= 11 is 3.46. The molecular formula is C18H23BrN2O. The average molecular weight is 363 g/mol. The number of halogens is 1. The third kappa shape index (κ3) is 3.60. The first-order valence-electron chi connectivity index (χ1n) is 8.27. The van der Waals surface area contributed by atoms with Crippen LogP contribution in [0, 0.1) is 17.8 Å². The molecule has 0 aliphatic heterocycles. The van der Waals surface area contributed by atoms with E-state index in [2.05, 4.69) is 26.5 Å². The molecule has 0 radical (unpaired) electrons. The Bertz CT molecular complexity index is 570. The molecule has 0 saturated heterocycles. The van der Waals surface area contributed by atoms with E-state index in [4.69, 9.17) is 0 Å². The lowest BCUT2D eigenvalue weighted by molar-refractivity contribution is -0.122. The van der Waals surface area contributed by atoms with Gasteiger partial charge in [-0.1, -0.05) is 53.7 Å². The highest BCUT2D eigenvalue weighted by Gasteiger charge is 2.53. The van der Waals surface area contributed by atoms with Gasteiger partial charge in [0.25, 0.3) is 0 Å². The van der Waals surface area contributed by atoms with Crippen LogP contribution in [0.25, 0.3) is 0 Å². The van der Waals surface area contributed by atoms with Gasteiger partial charge >= 0.3 is 0 Å². The van der Waals surface area contributed by atoms with E-state index < -0.39 is 0 Å². The summed E-state index contributed by atoms with van der Waals surface area (Å²) in [6.07, 6.45) is 7.67. The van der Waals surface area contributed by atoms with Crippen molar-refractivity contribution in [3.8, 4) is 0 Å². The van der Waals surface area contributed by atoms with Crippen LogP contribution in [0.4, 0.5) is 0 Å². The van der Waals surface area contributed by atoms with Crippen LogP contribution >= 0.6 is 15.9 Å². The topological polar surface area (TPSA) is 41.5 Å². The number of fused-ring (bicyclic) bond motifs is 1. The number of amides is 1. The highest BCUT2D eigenvalue weighted by molar-refractivity contribution is 9.10. The second kappa shape index (κ2) is 6.95. The number of rotatable bonds is 3. The molecule has 3 atom stereocenters. The molecule has 1 aromatic rings. The van der Waals surface area contributed by atoms with Gasteiger partial charge in [0.2, 0.25) is 5.91 Å². The lowest BCUT2D eigenvalue weighted by Crippen LogP contribution is -2.22. The van der Waals surface area contributed by atoms with E-state index in [0.717, 1.165) is 15.7 Å². The molecule has 4 heteroatoms. The smallest absolute Gasteiger partial charge is 0.243 e. The fourth-order valence-corrected chi connectivity index (χ4v) is 4.13. The van der Waals surface area contributed by atoms with Crippen LogP contribution in [0.15, 0.2) is 33.8 Å². The number of hydrogen-bond acceptors (Lipinski definition) is 2. The van der Waals surface area contributed by atoms with Crippen molar-refractivity contribution in [1.82, 2.24) is 5.43 Å². The van der Waals surface area contributed by atoms with E-state index in [-0.39, 0.29) is 11.8 Å². The lowest BCUT2D eigenvalue weighted by atomic mass is 10.0. The SMILES string of the molecule is CC(=NNC(=O)C1[C@H]2CCCCCC[C@@H]12)c1cccc(Br)c1. The molecule has 2 saturated carbocycles. The number of nitrogens with zero attached hydrogens (tertiary/aromatic N) is 1. The predicted octanol–water partition coefficient (Wildman–Crippen LogP) is 4.51. The number of hydrogen-bond donors (Lipinski definition) is 1. The molecule has 2 aliphatic carbocycles. The Morgan fingerprint density at radius 1 is 1.18 bits per heavy atom. The second-order valence-electron chi connectivity index (χ2n) is 6.53. The summed E-state index contributed by atoms with van der Waals surface area (Å²) in [4.78, 5) is 12.4. The Labute approximate surface area is 140 Å². The average Bonchev–Trinajstić information content (AvgIpc) is 3.15. The molecule has 22 heavy (non-hydrogen) atoms. The maximum absolute atomic E-state index is 12.4. The van der Waals surface area contributed by atoms with Crippen molar-refractivity contribution in [2.75, 3.05) is 0 Å². The molecule has 0 spiro atoms. The second-order valence-corrected chi connectivity index (χ2v) is 7.44. The van der Waals surface area contributed by atoms with Gasteiger partial charge in [-0.2, -0.15) is 5.10 Å². The Kier molecular flexibility index (Phi) is 4.97. The van der Waals surface area contributed by atoms with Gasteiger partial charge in [0.05, 0.1) is 5.71 Å². The molecule has 1 unspecified atom stereocenters. The van der Waals surface area contributed by atoms with Crippen molar-refractivity contribution < 1.29 is 4.79 Å². The summed E-state index contributed by atoms with van der Waals surface area (Å²) in [5.74, 6) is 1.55. The monoisotopic (exact) mass is 362 g/mol. The quantitative estimate of drug-likeness (QED) is 0.623. The summed E-state index contributed by atoms with van der Waals surface area (Å²) in [7, 11) is 0. The fraction of sp³-hybridized carbons (Fsp3) is 0.556. The number of nitrogens with one attached hydrogen (secondary N) is 1. The van der Waals surface area contributed by atoms with Gasteiger partial charge < -0.3 is 0 Å². The molecule has 0 heterocycles. The highest BCUT2D eigenvalue weighted by atomic mass is 79.9. The van der Waals surface area contributed by atoms with Crippen molar-refractivity contribution in [3.05, 3.63) is 34.3 Å². The van der Waals surface area contributed by atoms with Gasteiger partial charge in [0, 0.05) is 10.4 Å². The minimum Gasteiger partial charge on any atom is -0.273 e. The van der Waals surface area contributed by atoms with Gasteiger partial charge in [-0.05, 0) is 49.3 Å². The van der Waals surface area contributed by atoms with Crippen LogP contribution in [0.3, 0.4) is 0 Å². The first kappa shape index (κ1) is 15.7. The van der Waals surface area contributed by atoms with E-state index in [1.165, 1.54) is 38.5 Å². The van der Waals surface area contributed by atoms with Gasteiger partial charge in [0.15, 0.2) is 0 Å². The van der Waals surface area contributed by atoms with Crippen molar-refractivity contribution in [2.24, 2.45) is 22.9 Å². The van der Waals surface area contributed by atoms with E-state index in [1.807, 2.05) is 31.2 Å². The van der Waals surface area contributed by atoms with Crippen LogP contribution in [0.2, 0.25) is 0 Å². The first-order chi connectivity index (χ1) is 10.7. The Balaban J connectivity index is 1.59. The van der Waals surface area contributed by atoms with Crippen molar-refractivity contribution >= 4 is 27.5 Å². The van der Waals surface area contributed by atoms with Gasteiger partial charge in [0.1, 0.15) is 0 Å². The molecule has 2 fully saturated rings. The Hall–Kier alpha value is -1.16. The van der Waals surface area contributed by atoms with Gasteiger partial charge in [-0.15, -0.1) is 0 Å². The normalized spacial score (nSPS) is 28.3. The van der Waals surface area contributed by atoms with Crippen LogP contribution in [0.1, 0.15) is 51.0 Å². The third-order valence-corrected chi connectivity index (χ3v) is 5.53. The maximum atomic E-state index is 12.4. The van der Waals surface area contributed by atoms with Crippen LogP contribution in [-0.2, 0) is 4.79 Å². The predicted molar refractivity (Wildman–Crippen MR) is 92.7 cm³/mol. The molecule has 0 bridgehead atoms. The molecule has 1 aromatic carbocycles. The number of carbonyl (C=O) groups excluding carboxylic acids is 1.